The molecule has 17 nitrogen and oxygen atoms in total. The Morgan fingerprint density at radius 1 is 0.852 bits per heavy atom. The second-order valence-corrected chi connectivity index (χ2v) is 15.9. The van der Waals surface area contributed by atoms with Crippen LogP contribution >= 0.6 is 0 Å². The van der Waals surface area contributed by atoms with E-state index in [-0.39, 0.29) is 47.4 Å². The van der Waals surface area contributed by atoms with Crippen LogP contribution in [0.25, 0.3) is 0 Å². The Bertz CT molecular complexity index is 1550. The van der Waals surface area contributed by atoms with E-state index in [0.717, 1.165) is 53.6 Å². The summed E-state index contributed by atoms with van der Waals surface area (Å²) in [5.74, 6) is -3.49. The fraction of sp³-hybridized carbons (Fsp3) is 0.784. The van der Waals surface area contributed by atoms with Crippen molar-refractivity contribution in [3.63, 3.8) is 0 Å². The van der Waals surface area contributed by atoms with Crippen molar-refractivity contribution in [2.45, 2.75) is 130 Å². The quantitative estimate of drug-likeness (QED) is 0.107. The molecule has 2 amide bonds. The number of ketones is 1. The zero-order valence-electron chi connectivity index (χ0n) is 32.0. The van der Waals surface area contributed by atoms with Crippen molar-refractivity contribution < 1.29 is 66.7 Å². The minimum absolute atomic E-state index is 0.0918. The van der Waals surface area contributed by atoms with E-state index < -0.39 is 78.1 Å². The molecule has 1 aliphatic heterocycles. The Balaban J connectivity index is 1.35. The Morgan fingerprint density at radius 2 is 1.50 bits per heavy atom. The van der Waals surface area contributed by atoms with Crippen LogP contribution < -0.4 is 11.2 Å². The summed E-state index contributed by atoms with van der Waals surface area (Å²) in [7, 11) is 1.13. The molecule has 5 rings (SSSR count). The lowest BCUT2D eigenvalue weighted by Crippen LogP contribution is -2.64. The summed E-state index contributed by atoms with van der Waals surface area (Å²) < 4.78 is 39.1. The summed E-state index contributed by atoms with van der Waals surface area (Å²) in [6, 6.07) is -0.837. The Hall–Kier alpha value is -4.12. The van der Waals surface area contributed by atoms with Gasteiger partial charge in [0.25, 0.3) is 0 Å². The molecule has 13 atom stereocenters. The topological polar surface area (TPSA) is 235 Å². The van der Waals surface area contributed by atoms with E-state index in [1.807, 2.05) is 0 Å². The van der Waals surface area contributed by atoms with Gasteiger partial charge >= 0.3 is 35.9 Å². The minimum Gasteiger partial charge on any atom is -0.467 e. The van der Waals surface area contributed by atoms with Crippen molar-refractivity contribution in [1.29, 1.82) is 0 Å². The number of hydrogen-bond acceptors (Lipinski definition) is 15. The Kier molecular flexibility index (Phi) is 12.4. The van der Waals surface area contributed by atoms with Crippen molar-refractivity contribution in [1.82, 2.24) is 5.43 Å². The van der Waals surface area contributed by atoms with Crippen LogP contribution in [0.2, 0.25) is 0 Å². The average molecular weight is 764 g/mol. The Labute approximate surface area is 314 Å². The highest BCUT2D eigenvalue weighted by Crippen LogP contribution is 2.66. The summed E-state index contributed by atoms with van der Waals surface area (Å²) in [4.78, 5) is 87.1. The van der Waals surface area contributed by atoms with Crippen molar-refractivity contribution >= 4 is 47.4 Å². The van der Waals surface area contributed by atoms with Gasteiger partial charge in [0.1, 0.15) is 12.4 Å². The molecule has 5 fully saturated rings. The molecule has 0 bridgehead atoms. The number of primary amides is 1. The van der Waals surface area contributed by atoms with Gasteiger partial charge in [-0.05, 0) is 73.5 Å². The second kappa shape index (κ2) is 16.3. The van der Waals surface area contributed by atoms with Gasteiger partial charge in [0.2, 0.25) is 0 Å². The standard InChI is InChI=1S/C37H53N3O14/c1-17(41)49-16-26(39-40-35(38)47)25-11-10-24-23-9-8-21-14-22(12-13-36(21,5)28(23)27(45)15-37(24,25)6)53-34-32(52-20(4)44)30(51-19(3)43)29(50-18(2)42)31(54-34)33(46)48-7/h21-25,28-32,34H,8-16H2,1-7H3,(H3,38,40,47). The maximum Gasteiger partial charge on any atom is 0.339 e. The molecule has 0 aromatic heterocycles. The van der Waals surface area contributed by atoms with Gasteiger partial charge in [-0.3, -0.25) is 24.0 Å². The van der Waals surface area contributed by atoms with Crippen LogP contribution in [-0.4, -0.2) is 97.9 Å². The van der Waals surface area contributed by atoms with Gasteiger partial charge in [0, 0.05) is 46.0 Å². The first-order chi connectivity index (χ1) is 25.4. The van der Waals surface area contributed by atoms with Gasteiger partial charge in [-0.15, -0.1) is 0 Å². The van der Waals surface area contributed by atoms with E-state index in [1.54, 1.807) is 0 Å². The van der Waals surface area contributed by atoms with Crippen molar-refractivity contribution in [3.8, 4) is 0 Å². The monoisotopic (exact) mass is 763 g/mol. The van der Waals surface area contributed by atoms with Gasteiger partial charge in [-0.1, -0.05) is 13.8 Å². The molecule has 1 heterocycles. The second-order valence-electron chi connectivity index (χ2n) is 15.9. The van der Waals surface area contributed by atoms with Crippen LogP contribution in [-0.2, 0) is 61.9 Å². The lowest BCUT2D eigenvalue weighted by atomic mass is 9.44. The largest absolute Gasteiger partial charge is 0.467 e. The summed E-state index contributed by atoms with van der Waals surface area (Å²) >= 11 is 0. The third-order valence-corrected chi connectivity index (χ3v) is 12.6. The van der Waals surface area contributed by atoms with Gasteiger partial charge in [-0.25, -0.2) is 15.0 Å². The van der Waals surface area contributed by atoms with Crippen LogP contribution in [0.3, 0.4) is 0 Å². The SMILES string of the molecule is COC(=O)C1OC(OC2CCC3(C)C(CCC4C5CCC(C(COC(C)=O)=NNC(N)=O)C5(C)CC(=O)C43)C2)C(OC(C)=O)C(OC(C)=O)C1OC(C)=O. The molecule has 1 saturated heterocycles. The normalized spacial score (nSPS) is 38.8. The van der Waals surface area contributed by atoms with Gasteiger partial charge in [0.15, 0.2) is 30.7 Å². The number of hydrogen-bond donors (Lipinski definition) is 2. The van der Waals surface area contributed by atoms with Crippen LogP contribution in [0.4, 0.5) is 4.79 Å². The number of ether oxygens (including phenoxy) is 7. The molecule has 54 heavy (non-hydrogen) atoms. The molecule has 0 spiro atoms. The number of nitrogens with zero attached hydrogens (tertiary/aromatic N) is 1. The van der Waals surface area contributed by atoms with Gasteiger partial charge in [0.05, 0.1) is 18.9 Å². The molecule has 17 heteroatoms. The molecule has 4 aliphatic carbocycles. The highest BCUT2D eigenvalue weighted by molar-refractivity contribution is 5.93. The summed E-state index contributed by atoms with van der Waals surface area (Å²) in [5, 5.41) is 4.23. The van der Waals surface area contributed by atoms with Gasteiger partial charge in [-0.2, -0.15) is 5.10 Å². The molecule has 0 aromatic rings. The molecule has 0 aromatic carbocycles. The third-order valence-electron chi connectivity index (χ3n) is 12.6. The van der Waals surface area contributed by atoms with E-state index in [4.69, 9.17) is 38.9 Å². The lowest BCUT2D eigenvalue weighted by Gasteiger charge is -2.60. The van der Waals surface area contributed by atoms with Crippen LogP contribution in [0.1, 0.15) is 92.9 Å². The highest BCUT2D eigenvalue weighted by atomic mass is 16.7. The van der Waals surface area contributed by atoms with Crippen LogP contribution in [0, 0.1) is 40.4 Å². The number of methoxy groups -OCH3 is 1. The van der Waals surface area contributed by atoms with E-state index >= 15 is 0 Å². The number of carbonyl (C=O) groups excluding carboxylic acids is 7. The van der Waals surface area contributed by atoms with E-state index in [1.165, 1.54) is 6.92 Å². The molecular weight excluding hydrogens is 710 g/mol. The van der Waals surface area contributed by atoms with Crippen molar-refractivity contribution in [2.24, 2.45) is 51.3 Å². The molecule has 300 valence electrons. The fourth-order valence-electron chi connectivity index (χ4n) is 10.6. The summed E-state index contributed by atoms with van der Waals surface area (Å²) in [6.45, 7) is 8.88. The number of nitrogens with two attached hydrogens (primary N) is 1. The third kappa shape index (κ3) is 8.26. The molecule has 0 radical (unpaired) electrons. The molecule has 5 aliphatic rings. The van der Waals surface area contributed by atoms with E-state index in [0.29, 0.717) is 31.4 Å². The van der Waals surface area contributed by atoms with Crippen LogP contribution in [0.5, 0.6) is 0 Å². The first-order valence-corrected chi connectivity index (χ1v) is 18.6. The Morgan fingerprint density at radius 3 is 2.11 bits per heavy atom. The zero-order valence-corrected chi connectivity index (χ0v) is 32.0. The van der Waals surface area contributed by atoms with Crippen LogP contribution in [0.15, 0.2) is 5.10 Å². The number of fused-ring (bicyclic) bond motifs is 5. The predicted molar refractivity (Wildman–Crippen MR) is 185 cm³/mol. The minimum atomic E-state index is -1.56. The molecule has 13 unspecified atom stereocenters. The maximum absolute atomic E-state index is 14.4. The van der Waals surface area contributed by atoms with Crippen molar-refractivity contribution in [3.05, 3.63) is 0 Å². The van der Waals surface area contributed by atoms with Gasteiger partial charge < -0.3 is 38.9 Å². The number of Topliss-reactive ketones (excluding diaryl/α,β-unsaturated/α-hetero) is 1. The maximum atomic E-state index is 14.4. The first-order valence-electron chi connectivity index (χ1n) is 18.6. The predicted octanol–water partition coefficient (Wildman–Crippen LogP) is 2.49. The number of carbonyl (C=O) groups is 7. The molecular formula is C37H53N3O14. The van der Waals surface area contributed by atoms with Crippen molar-refractivity contribution in [2.75, 3.05) is 13.7 Å². The lowest BCUT2D eigenvalue weighted by molar-refractivity contribution is -0.314. The number of esters is 5. The van der Waals surface area contributed by atoms with E-state index in [2.05, 4.69) is 24.4 Å². The first kappa shape index (κ1) is 41.1. The average Bonchev–Trinajstić information content (AvgIpc) is 3.42. The number of amides is 2. The number of urea groups is 1. The molecule has 4 saturated carbocycles. The number of hydrazone groups is 1. The smallest absolute Gasteiger partial charge is 0.339 e. The number of nitrogens with one attached hydrogen (secondary N) is 1. The fourth-order valence-corrected chi connectivity index (χ4v) is 10.6. The zero-order chi connectivity index (χ0) is 39.7. The summed E-state index contributed by atoms with van der Waals surface area (Å²) in [5.41, 5.74) is 7.28. The number of rotatable bonds is 10. The van der Waals surface area contributed by atoms with E-state index in [9.17, 15) is 33.6 Å². The summed E-state index contributed by atoms with van der Waals surface area (Å²) in [6.07, 6.45) is -2.46. The highest BCUT2D eigenvalue weighted by Gasteiger charge is 2.64. The molecule has 3 N–H and O–H groups in total.